The van der Waals surface area contributed by atoms with E-state index in [2.05, 4.69) is 21.2 Å². The molecule has 21 heavy (non-hydrogen) atoms. The van der Waals surface area contributed by atoms with E-state index in [0.717, 1.165) is 4.47 Å². The average Bonchev–Trinajstić information content (AvgIpc) is 2.48. The van der Waals surface area contributed by atoms with Crippen molar-refractivity contribution in [3.05, 3.63) is 58.6 Å². The lowest BCUT2D eigenvalue weighted by Gasteiger charge is -2.13. The Kier molecular flexibility index (Phi) is 5.36. The molecule has 0 bridgehead atoms. The summed E-state index contributed by atoms with van der Waals surface area (Å²) >= 11 is 3.33. The Bertz CT molecular complexity index is 611. The molecular formula is C16H16BrNO3. The molecule has 0 fully saturated rings. The molecule has 0 aromatic heterocycles. The number of hydrogen-bond acceptors (Lipinski definition) is 3. The van der Waals surface area contributed by atoms with E-state index in [1.54, 1.807) is 37.3 Å². The van der Waals surface area contributed by atoms with Crippen LogP contribution in [0.4, 0.5) is 5.69 Å². The Balaban J connectivity index is 1.94. The van der Waals surface area contributed by atoms with Gasteiger partial charge >= 0.3 is 0 Å². The number of amides is 1. The van der Waals surface area contributed by atoms with Crippen molar-refractivity contribution < 1.29 is 14.6 Å². The Labute approximate surface area is 131 Å². The van der Waals surface area contributed by atoms with Gasteiger partial charge in [-0.25, -0.2) is 0 Å². The molecule has 5 heteroatoms. The number of hydrogen-bond donors (Lipinski definition) is 2. The van der Waals surface area contributed by atoms with Gasteiger partial charge in [-0.15, -0.1) is 0 Å². The van der Waals surface area contributed by atoms with E-state index in [0.29, 0.717) is 17.0 Å². The first-order valence-corrected chi connectivity index (χ1v) is 7.31. The van der Waals surface area contributed by atoms with Crippen LogP contribution in [-0.4, -0.2) is 17.6 Å². The predicted octanol–water partition coefficient (Wildman–Crippen LogP) is 3.52. The van der Waals surface area contributed by atoms with Crippen LogP contribution in [0.25, 0.3) is 0 Å². The van der Waals surface area contributed by atoms with E-state index in [9.17, 15) is 9.90 Å². The van der Waals surface area contributed by atoms with Gasteiger partial charge in [0.2, 0.25) is 0 Å². The fourth-order valence-electron chi connectivity index (χ4n) is 1.83. The first kappa shape index (κ1) is 15.5. The van der Waals surface area contributed by atoms with Gasteiger partial charge in [-0.3, -0.25) is 4.79 Å². The summed E-state index contributed by atoms with van der Waals surface area (Å²) in [4.78, 5) is 11.8. The summed E-state index contributed by atoms with van der Waals surface area (Å²) in [5.74, 6) is 0.260. The van der Waals surface area contributed by atoms with Crippen molar-refractivity contribution in [3.8, 4) is 5.75 Å². The molecule has 2 N–H and O–H groups in total. The molecule has 0 aliphatic rings. The average molecular weight is 350 g/mol. The summed E-state index contributed by atoms with van der Waals surface area (Å²) in [7, 11) is 0. The SMILES string of the molecule is C[C@H](O)c1ccccc1OCC(=O)Nc1ccc(Br)cc1. The van der Waals surface area contributed by atoms with Crippen LogP contribution in [0, 0.1) is 0 Å². The lowest BCUT2D eigenvalue weighted by atomic mass is 10.1. The number of para-hydroxylation sites is 1. The summed E-state index contributed by atoms with van der Waals surface area (Å²) in [6, 6.07) is 14.4. The molecule has 0 unspecified atom stereocenters. The van der Waals surface area contributed by atoms with Crippen LogP contribution in [0.1, 0.15) is 18.6 Å². The third kappa shape index (κ3) is 4.58. The van der Waals surface area contributed by atoms with Gasteiger partial charge in [0.25, 0.3) is 5.91 Å². The Hall–Kier alpha value is -1.85. The van der Waals surface area contributed by atoms with Crippen LogP contribution >= 0.6 is 15.9 Å². The zero-order valence-electron chi connectivity index (χ0n) is 11.5. The van der Waals surface area contributed by atoms with Crippen LogP contribution < -0.4 is 10.1 Å². The van der Waals surface area contributed by atoms with E-state index in [1.165, 1.54) is 0 Å². The van der Waals surface area contributed by atoms with Crippen LogP contribution in [0.2, 0.25) is 0 Å². The summed E-state index contributed by atoms with van der Waals surface area (Å²) < 4.78 is 6.42. The minimum Gasteiger partial charge on any atom is -0.483 e. The van der Waals surface area contributed by atoms with E-state index in [-0.39, 0.29) is 12.5 Å². The number of halogens is 1. The number of ether oxygens (including phenoxy) is 1. The normalized spacial score (nSPS) is 11.8. The fourth-order valence-corrected chi connectivity index (χ4v) is 2.10. The number of carbonyl (C=O) groups excluding carboxylic acids is 1. The van der Waals surface area contributed by atoms with E-state index >= 15 is 0 Å². The second kappa shape index (κ2) is 7.24. The van der Waals surface area contributed by atoms with Crippen LogP contribution in [0.15, 0.2) is 53.0 Å². The summed E-state index contributed by atoms with van der Waals surface area (Å²) in [5.41, 5.74) is 1.37. The largest absolute Gasteiger partial charge is 0.483 e. The molecule has 0 saturated carbocycles. The van der Waals surface area contributed by atoms with Crippen molar-refractivity contribution in [3.63, 3.8) is 0 Å². The number of nitrogens with one attached hydrogen (secondary N) is 1. The summed E-state index contributed by atoms with van der Waals surface area (Å²) in [5, 5.41) is 12.4. The highest BCUT2D eigenvalue weighted by molar-refractivity contribution is 9.10. The van der Waals surface area contributed by atoms with Gasteiger partial charge in [-0.05, 0) is 37.3 Å². The minimum atomic E-state index is -0.643. The molecule has 0 saturated heterocycles. The van der Waals surface area contributed by atoms with E-state index in [1.807, 2.05) is 18.2 Å². The Morgan fingerprint density at radius 3 is 2.57 bits per heavy atom. The van der Waals surface area contributed by atoms with Gasteiger partial charge in [-0.2, -0.15) is 0 Å². The summed E-state index contributed by atoms with van der Waals surface area (Å²) in [6.07, 6.45) is -0.643. The fraction of sp³-hybridized carbons (Fsp3) is 0.188. The van der Waals surface area contributed by atoms with Crippen molar-refractivity contribution in [2.45, 2.75) is 13.0 Å². The van der Waals surface area contributed by atoms with Crippen molar-refractivity contribution in [1.29, 1.82) is 0 Å². The number of rotatable bonds is 5. The smallest absolute Gasteiger partial charge is 0.262 e. The minimum absolute atomic E-state index is 0.111. The van der Waals surface area contributed by atoms with Crippen molar-refractivity contribution in [1.82, 2.24) is 0 Å². The third-order valence-corrected chi connectivity index (χ3v) is 3.38. The quantitative estimate of drug-likeness (QED) is 0.868. The third-order valence-electron chi connectivity index (χ3n) is 2.86. The lowest BCUT2D eigenvalue weighted by Crippen LogP contribution is -2.20. The number of benzene rings is 2. The van der Waals surface area contributed by atoms with Gasteiger partial charge in [0, 0.05) is 15.7 Å². The van der Waals surface area contributed by atoms with Gasteiger partial charge in [-0.1, -0.05) is 34.1 Å². The number of anilines is 1. The Morgan fingerprint density at radius 1 is 1.24 bits per heavy atom. The second-order valence-corrected chi connectivity index (χ2v) is 5.47. The van der Waals surface area contributed by atoms with Crippen LogP contribution in [0.3, 0.4) is 0 Å². The first-order chi connectivity index (χ1) is 10.1. The van der Waals surface area contributed by atoms with E-state index < -0.39 is 6.10 Å². The van der Waals surface area contributed by atoms with Crippen molar-refractivity contribution >= 4 is 27.5 Å². The van der Waals surface area contributed by atoms with E-state index in [4.69, 9.17) is 4.74 Å². The van der Waals surface area contributed by atoms with Crippen molar-refractivity contribution in [2.75, 3.05) is 11.9 Å². The standard InChI is InChI=1S/C16H16BrNO3/c1-11(19)14-4-2-3-5-15(14)21-10-16(20)18-13-8-6-12(17)7-9-13/h2-9,11,19H,10H2,1H3,(H,18,20)/t11-/m0/s1. The molecule has 1 atom stereocenters. The first-order valence-electron chi connectivity index (χ1n) is 6.51. The van der Waals surface area contributed by atoms with Gasteiger partial charge in [0.05, 0.1) is 6.10 Å². The zero-order valence-corrected chi connectivity index (χ0v) is 13.1. The molecule has 2 rings (SSSR count). The zero-order chi connectivity index (χ0) is 15.2. The van der Waals surface area contributed by atoms with Gasteiger partial charge in [0.1, 0.15) is 5.75 Å². The topological polar surface area (TPSA) is 58.6 Å². The second-order valence-electron chi connectivity index (χ2n) is 4.56. The molecular weight excluding hydrogens is 334 g/mol. The molecule has 0 radical (unpaired) electrons. The van der Waals surface area contributed by atoms with Crippen molar-refractivity contribution in [2.24, 2.45) is 0 Å². The van der Waals surface area contributed by atoms with Gasteiger partial charge < -0.3 is 15.2 Å². The number of carbonyl (C=O) groups is 1. The van der Waals surface area contributed by atoms with Gasteiger partial charge in [0.15, 0.2) is 6.61 Å². The highest BCUT2D eigenvalue weighted by Crippen LogP contribution is 2.24. The lowest BCUT2D eigenvalue weighted by molar-refractivity contribution is -0.118. The molecule has 2 aromatic carbocycles. The van der Waals surface area contributed by atoms with Crippen LogP contribution in [-0.2, 0) is 4.79 Å². The Morgan fingerprint density at radius 2 is 1.90 bits per heavy atom. The monoisotopic (exact) mass is 349 g/mol. The maximum atomic E-state index is 11.8. The van der Waals surface area contributed by atoms with Crippen LogP contribution in [0.5, 0.6) is 5.75 Å². The number of aliphatic hydroxyl groups is 1. The molecule has 4 nitrogen and oxygen atoms in total. The molecule has 0 spiro atoms. The molecule has 110 valence electrons. The predicted molar refractivity (Wildman–Crippen MR) is 85.3 cm³/mol. The molecule has 0 aliphatic carbocycles. The maximum Gasteiger partial charge on any atom is 0.262 e. The summed E-state index contributed by atoms with van der Waals surface area (Å²) in [6.45, 7) is 1.55. The highest BCUT2D eigenvalue weighted by Gasteiger charge is 2.10. The highest BCUT2D eigenvalue weighted by atomic mass is 79.9. The molecule has 0 aliphatic heterocycles. The number of aliphatic hydroxyl groups excluding tert-OH is 1. The molecule has 1 amide bonds. The molecule has 2 aromatic rings. The molecule has 0 heterocycles. The maximum absolute atomic E-state index is 11.8.